The minimum Gasteiger partial charge on any atom is -0.506 e. The number of hydrogen-bond donors (Lipinski definition) is 2. The molecule has 1 aliphatic rings. The first-order valence-corrected chi connectivity index (χ1v) is 7.39. The Kier molecular flexibility index (Phi) is 5.15. The molecular weight excluding hydrogens is 264 g/mol. The summed E-state index contributed by atoms with van der Waals surface area (Å²) in [6, 6.07) is 0.671. The van der Waals surface area contributed by atoms with Gasteiger partial charge in [0.15, 0.2) is 0 Å². The van der Waals surface area contributed by atoms with Crippen molar-refractivity contribution in [2.75, 3.05) is 0 Å². The van der Waals surface area contributed by atoms with E-state index in [2.05, 4.69) is 35.5 Å². The van der Waals surface area contributed by atoms with Gasteiger partial charge in [0.25, 0.3) is 0 Å². The van der Waals surface area contributed by atoms with Crippen molar-refractivity contribution in [2.24, 2.45) is 0 Å². The molecule has 0 amide bonds. The van der Waals surface area contributed by atoms with Crippen LogP contribution in [0, 0.1) is 6.92 Å². The maximum absolute atomic E-state index is 10.3. The summed E-state index contributed by atoms with van der Waals surface area (Å²) in [5.74, 6) is 0.195. The lowest BCUT2D eigenvalue weighted by molar-refractivity contribution is 0.147. The summed E-state index contributed by atoms with van der Waals surface area (Å²) in [5.41, 5.74) is 2.07. The fraction of sp³-hybridized carbons (Fsp3) is 0.471. The number of aromatic nitrogens is 1. The van der Waals surface area contributed by atoms with Crippen molar-refractivity contribution >= 4 is 0 Å². The van der Waals surface area contributed by atoms with Crippen LogP contribution in [-0.2, 0) is 13.2 Å². The van der Waals surface area contributed by atoms with Gasteiger partial charge in [-0.25, -0.2) is 0 Å². The normalized spacial score (nSPS) is 22.4. The minimum atomic E-state index is -0.111. The molecule has 0 spiro atoms. The van der Waals surface area contributed by atoms with Crippen LogP contribution < -0.4 is 0 Å². The van der Waals surface area contributed by atoms with Crippen LogP contribution in [-0.4, -0.2) is 32.2 Å². The van der Waals surface area contributed by atoms with Crippen molar-refractivity contribution in [1.29, 1.82) is 0 Å². The number of aromatic hydroxyl groups is 1. The average Bonchev–Trinajstić information content (AvgIpc) is 2.47. The third kappa shape index (κ3) is 3.34. The monoisotopic (exact) mass is 288 g/mol. The molecule has 0 radical (unpaired) electrons. The Morgan fingerprint density at radius 1 is 1.52 bits per heavy atom. The van der Waals surface area contributed by atoms with Crippen LogP contribution in [0.15, 0.2) is 31.0 Å². The van der Waals surface area contributed by atoms with Crippen molar-refractivity contribution in [2.45, 2.75) is 51.9 Å². The molecule has 2 rings (SSSR count). The summed E-state index contributed by atoms with van der Waals surface area (Å²) < 4.78 is 0. The lowest BCUT2D eigenvalue weighted by Gasteiger charge is -2.38. The Morgan fingerprint density at radius 2 is 2.29 bits per heavy atom. The van der Waals surface area contributed by atoms with Gasteiger partial charge in [-0.3, -0.25) is 9.88 Å². The number of pyridine rings is 1. The van der Waals surface area contributed by atoms with Crippen LogP contribution in [0.25, 0.3) is 0 Å². The van der Waals surface area contributed by atoms with Crippen LogP contribution >= 0.6 is 0 Å². The molecule has 0 bridgehead atoms. The van der Waals surface area contributed by atoms with Gasteiger partial charge in [-0.15, -0.1) is 6.58 Å². The van der Waals surface area contributed by atoms with Gasteiger partial charge in [0.2, 0.25) is 0 Å². The number of nitrogens with zero attached hydrogens (tertiary/aromatic N) is 2. The van der Waals surface area contributed by atoms with E-state index in [9.17, 15) is 10.2 Å². The largest absolute Gasteiger partial charge is 0.506 e. The van der Waals surface area contributed by atoms with Crippen LogP contribution in [0.2, 0.25) is 0 Å². The molecule has 0 saturated heterocycles. The molecule has 0 fully saturated rings. The zero-order valence-electron chi connectivity index (χ0n) is 12.8. The van der Waals surface area contributed by atoms with E-state index in [0.29, 0.717) is 29.9 Å². The molecular formula is C17H24N2O2. The van der Waals surface area contributed by atoms with Gasteiger partial charge in [-0.1, -0.05) is 18.2 Å². The lowest BCUT2D eigenvalue weighted by atomic mass is 9.98. The highest BCUT2D eigenvalue weighted by Crippen LogP contribution is 2.29. The Bertz CT molecular complexity index is 540. The smallest absolute Gasteiger partial charge is 0.141 e. The molecule has 1 aromatic heterocycles. The predicted octanol–water partition coefficient (Wildman–Crippen LogP) is 2.68. The third-order valence-corrected chi connectivity index (χ3v) is 4.19. The summed E-state index contributed by atoms with van der Waals surface area (Å²) in [6.45, 7) is 8.26. The number of aliphatic hydroxyl groups is 1. The highest BCUT2D eigenvalue weighted by atomic mass is 16.3. The van der Waals surface area contributed by atoms with E-state index in [1.807, 2.05) is 6.08 Å². The van der Waals surface area contributed by atoms with Crippen molar-refractivity contribution < 1.29 is 10.2 Å². The standard InChI is InChI=1S/C17H24N2O2/c1-4-6-15-8-5-7-12(2)19(15)10-16-14(11-20)9-18-13(3)17(16)21/h4-5,7,9,12,15,20-21H,1,6,8,10-11H2,2-3H3/t12-,15-/m1/s1. The summed E-state index contributed by atoms with van der Waals surface area (Å²) in [6.07, 6.45) is 9.87. The molecule has 4 nitrogen and oxygen atoms in total. The molecule has 2 N–H and O–H groups in total. The SMILES string of the molecule is C=CC[C@@H]1CC=C[C@@H](C)N1Cc1c(CO)cnc(C)c1O. The Labute approximate surface area is 126 Å². The quantitative estimate of drug-likeness (QED) is 0.818. The molecule has 0 unspecified atom stereocenters. The van der Waals surface area contributed by atoms with Gasteiger partial charge in [0.05, 0.1) is 12.3 Å². The third-order valence-electron chi connectivity index (χ3n) is 4.19. The Hall–Kier alpha value is -1.65. The first-order valence-electron chi connectivity index (χ1n) is 7.39. The molecule has 2 heterocycles. The first-order chi connectivity index (χ1) is 10.1. The molecule has 0 saturated carbocycles. The highest BCUT2D eigenvalue weighted by Gasteiger charge is 2.26. The average molecular weight is 288 g/mol. The number of rotatable bonds is 5. The second-order valence-corrected chi connectivity index (χ2v) is 5.61. The molecule has 0 aliphatic carbocycles. The predicted molar refractivity (Wildman–Crippen MR) is 83.9 cm³/mol. The highest BCUT2D eigenvalue weighted by molar-refractivity contribution is 5.40. The van der Waals surface area contributed by atoms with E-state index in [1.165, 1.54) is 0 Å². The van der Waals surface area contributed by atoms with E-state index >= 15 is 0 Å². The van der Waals surface area contributed by atoms with Crippen molar-refractivity contribution in [3.05, 3.63) is 47.8 Å². The Balaban J connectivity index is 2.32. The van der Waals surface area contributed by atoms with E-state index in [1.54, 1.807) is 13.1 Å². The van der Waals surface area contributed by atoms with Crippen LogP contribution in [0.5, 0.6) is 5.75 Å². The zero-order chi connectivity index (χ0) is 15.4. The minimum absolute atomic E-state index is 0.111. The maximum atomic E-state index is 10.3. The number of aliphatic hydroxyl groups excluding tert-OH is 1. The first kappa shape index (κ1) is 15.7. The molecule has 2 atom stereocenters. The Morgan fingerprint density at radius 3 is 2.95 bits per heavy atom. The molecule has 0 aromatic carbocycles. The summed E-state index contributed by atoms with van der Waals surface area (Å²) in [4.78, 5) is 6.46. The van der Waals surface area contributed by atoms with Gasteiger partial charge in [0, 0.05) is 36.0 Å². The number of hydrogen-bond acceptors (Lipinski definition) is 4. The van der Waals surface area contributed by atoms with Gasteiger partial charge >= 0.3 is 0 Å². The zero-order valence-corrected chi connectivity index (χ0v) is 12.8. The van der Waals surface area contributed by atoms with Crippen molar-refractivity contribution in [1.82, 2.24) is 9.88 Å². The number of aryl methyl sites for hydroxylation is 1. The van der Waals surface area contributed by atoms with Crippen LogP contribution in [0.1, 0.15) is 36.6 Å². The van der Waals surface area contributed by atoms with Crippen molar-refractivity contribution in [3.8, 4) is 5.75 Å². The van der Waals surface area contributed by atoms with E-state index in [4.69, 9.17) is 0 Å². The van der Waals surface area contributed by atoms with E-state index in [-0.39, 0.29) is 12.4 Å². The molecule has 4 heteroatoms. The van der Waals surface area contributed by atoms with E-state index < -0.39 is 0 Å². The van der Waals surface area contributed by atoms with Gasteiger partial charge in [0.1, 0.15) is 5.75 Å². The lowest BCUT2D eigenvalue weighted by Crippen LogP contribution is -2.42. The summed E-state index contributed by atoms with van der Waals surface area (Å²) in [7, 11) is 0. The van der Waals surface area contributed by atoms with Crippen LogP contribution in [0.4, 0.5) is 0 Å². The van der Waals surface area contributed by atoms with Crippen LogP contribution in [0.3, 0.4) is 0 Å². The van der Waals surface area contributed by atoms with Crippen molar-refractivity contribution in [3.63, 3.8) is 0 Å². The molecule has 114 valence electrons. The molecule has 1 aliphatic heterocycles. The second kappa shape index (κ2) is 6.87. The van der Waals surface area contributed by atoms with Gasteiger partial charge in [-0.2, -0.15) is 0 Å². The van der Waals surface area contributed by atoms with E-state index in [0.717, 1.165) is 18.4 Å². The molecule has 1 aromatic rings. The topological polar surface area (TPSA) is 56.6 Å². The van der Waals surface area contributed by atoms with Gasteiger partial charge < -0.3 is 10.2 Å². The second-order valence-electron chi connectivity index (χ2n) is 5.61. The fourth-order valence-electron chi connectivity index (χ4n) is 2.89. The maximum Gasteiger partial charge on any atom is 0.141 e. The molecule has 21 heavy (non-hydrogen) atoms. The summed E-state index contributed by atoms with van der Waals surface area (Å²) >= 11 is 0. The summed E-state index contributed by atoms with van der Waals surface area (Å²) in [5, 5.41) is 19.8. The fourth-order valence-corrected chi connectivity index (χ4v) is 2.89. The van der Waals surface area contributed by atoms with Gasteiger partial charge in [-0.05, 0) is 26.7 Å².